The van der Waals surface area contributed by atoms with E-state index in [0.29, 0.717) is 11.6 Å². The highest BCUT2D eigenvalue weighted by molar-refractivity contribution is 4.99. The molecule has 0 bridgehead atoms. The van der Waals surface area contributed by atoms with Gasteiger partial charge in [0.1, 0.15) is 0 Å². The molecule has 1 atom stereocenters. The number of hydrogen-bond donors (Lipinski definition) is 1. The van der Waals surface area contributed by atoms with Crippen LogP contribution in [0.1, 0.15) is 78.6 Å². The summed E-state index contributed by atoms with van der Waals surface area (Å²) in [5.74, 6) is 0.835. The quantitative estimate of drug-likeness (QED) is 0.662. The first-order valence-corrected chi connectivity index (χ1v) is 8.93. The second kappa shape index (κ2) is 9.04. The van der Waals surface area contributed by atoms with Crippen LogP contribution in [0, 0.1) is 5.92 Å². The summed E-state index contributed by atoms with van der Waals surface area (Å²) in [4.78, 5) is 2.54. The van der Waals surface area contributed by atoms with Gasteiger partial charge < -0.3 is 10.2 Å². The molecule has 0 radical (unpaired) electrons. The lowest BCUT2D eigenvalue weighted by Crippen LogP contribution is -2.58. The molecular weight excluding hydrogens is 244 g/mol. The van der Waals surface area contributed by atoms with E-state index in [0.717, 1.165) is 12.5 Å². The molecule has 1 N–H and O–H groups in total. The van der Waals surface area contributed by atoms with E-state index in [-0.39, 0.29) is 0 Å². The van der Waals surface area contributed by atoms with Gasteiger partial charge in [-0.05, 0) is 45.8 Å². The van der Waals surface area contributed by atoms with Crippen LogP contribution in [0.4, 0.5) is 0 Å². The molecule has 1 fully saturated rings. The van der Waals surface area contributed by atoms with Crippen LogP contribution in [0.2, 0.25) is 0 Å². The highest BCUT2D eigenvalue weighted by atomic mass is 15.2. The van der Waals surface area contributed by atoms with Crippen molar-refractivity contribution >= 4 is 0 Å². The third-order valence-electron chi connectivity index (χ3n) is 5.23. The van der Waals surface area contributed by atoms with Crippen LogP contribution in [0.25, 0.3) is 0 Å². The number of likely N-dealkylation sites (N-methyl/N-ethyl adjacent to an activating group) is 2. The van der Waals surface area contributed by atoms with Gasteiger partial charge in [-0.15, -0.1) is 0 Å². The molecule has 0 saturated heterocycles. The SMILES string of the molecule is CCNC(CCCC(C)C)C1(N(C)C)CCCCCC1. The standard InChI is InChI=1S/C18H38N2/c1-6-19-17(13-11-12-16(2)3)18(20(4)5)14-9-7-8-10-15-18/h16-17,19H,6-15H2,1-5H3. The number of nitrogens with one attached hydrogen (secondary N) is 1. The van der Waals surface area contributed by atoms with Crippen LogP contribution < -0.4 is 5.32 Å². The molecular formula is C18H38N2. The van der Waals surface area contributed by atoms with Gasteiger partial charge in [0.2, 0.25) is 0 Å². The zero-order valence-corrected chi connectivity index (χ0v) is 14.7. The summed E-state index contributed by atoms with van der Waals surface area (Å²) in [5, 5.41) is 3.83. The van der Waals surface area contributed by atoms with Gasteiger partial charge in [0.25, 0.3) is 0 Å². The molecule has 2 nitrogen and oxygen atoms in total. The molecule has 1 aliphatic rings. The fourth-order valence-electron chi connectivity index (χ4n) is 3.99. The maximum Gasteiger partial charge on any atom is 0.0356 e. The van der Waals surface area contributed by atoms with Gasteiger partial charge in [0, 0.05) is 11.6 Å². The summed E-state index contributed by atoms with van der Waals surface area (Å²) in [6.07, 6.45) is 12.5. The lowest BCUT2D eigenvalue weighted by atomic mass is 9.78. The molecule has 1 unspecified atom stereocenters. The Kier molecular flexibility index (Phi) is 8.13. The molecule has 0 heterocycles. The first-order chi connectivity index (χ1) is 9.53. The van der Waals surface area contributed by atoms with E-state index in [4.69, 9.17) is 0 Å². The summed E-state index contributed by atoms with van der Waals surface area (Å²) in [7, 11) is 4.61. The van der Waals surface area contributed by atoms with E-state index in [1.54, 1.807) is 0 Å². The average molecular weight is 283 g/mol. The third-order valence-corrected chi connectivity index (χ3v) is 5.23. The summed E-state index contributed by atoms with van der Waals surface area (Å²) >= 11 is 0. The Morgan fingerprint density at radius 2 is 1.60 bits per heavy atom. The zero-order valence-electron chi connectivity index (χ0n) is 14.7. The molecule has 1 aliphatic carbocycles. The van der Waals surface area contributed by atoms with Crippen molar-refractivity contribution in [2.45, 2.75) is 90.1 Å². The predicted molar refractivity (Wildman–Crippen MR) is 90.3 cm³/mol. The molecule has 1 saturated carbocycles. The van der Waals surface area contributed by atoms with E-state index in [1.807, 2.05) is 0 Å². The van der Waals surface area contributed by atoms with Gasteiger partial charge in [-0.2, -0.15) is 0 Å². The van der Waals surface area contributed by atoms with Crippen LogP contribution in [0.3, 0.4) is 0 Å². The second-order valence-corrected chi connectivity index (χ2v) is 7.35. The summed E-state index contributed by atoms with van der Waals surface area (Å²) in [6, 6.07) is 0.666. The maximum absolute atomic E-state index is 3.83. The summed E-state index contributed by atoms with van der Waals surface area (Å²) < 4.78 is 0. The molecule has 1 rings (SSSR count). The van der Waals surface area contributed by atoms with Crippen molar-refractivity contribution in [2.75, 3.05) is 20.6 Å². The molecule has 120 valence electrons. The van der Waals surface area contributed by atoms with Gasteiger partial charge in [0.05, 0.1) is 0 Å². The predicted octanol–water partition coefficient (Wildman–Crippen LogP) is 4.45. The maximum atomic E-state index is 3.83. The lowest BCUT2D eigenvalue weighted by molar-refractivity contribution is 0.0753. The second-order valence-electron chi connectivity index (χ2n) is 7.35. The molecule has 0 spiro atoms. The lowest BCUT2D eigenvalue weighted by Gasteiger charge is -2.46. The fourth-order valence-corrected chi connectivity index (χ4v) is 3.99. The van der Waals surface area contributed by atoms with E-state index in [1.165, 1.54) is 57.8 Å². The average Bonchev–Trinajstić information content (AvgIpc) is 2.64. The number of nitrogens with zero attached hydrogens (tertiary/aromatic N) is 1. The molecule has 0 amide bonds. The van der Waals surface area contributed by atoms with Crippen LogP contribution >= 0.6 is 0 Å². The Labute approximate surface area is 127 Å². The van der Waals surface area contributed by atoms with Crippen molar-refractivity contribution in [1.29, 1.82) is 0 Å². The normalized spacial score (nSPS) is 21.1. The highest BCUT2D eigenvalue weighted by Crippen LogP contribution is 2.36. The Hall–Kier alpha value is -0.0800. The van der Waals surface area contributed by atoms with Crippen molar-refractivity contribution in [3.8, 4) is 0 Å². The first kappa shape index (κ1) is 18.0. The van der Waals surface area contributed by atoms with Gasteiger partial charge in [-0.25, -0.2) is 0 Å². The Morgan fingerprint density at radius 1 is 1.00 bits per heavy atom. The molecule has 2 heteroatoms. The minimum absolute atomic E-state index is 0.392. The molecule has 0 aromatic heterocycles. The monoisotopic (exact) mass is 282 g/mol. The topological polar surface area (TPSA) is 15.3 Å². The third kappa shape index (κ3) is 5.04. The highest BCUT2D eigenvalue weighted by Gasteiger charge is 2.39. The van der Waals surface area contributed by atoms with Crippen LogP contribution in [0.15, 0.2) is 0 Å². The minimum Gasteiger partial charge on any atom is -0.312 e. The van der Waals surface area contributed by atoms with Gasteiger partial charge in [0.15, 0.2) is 0 Å². The van der Waals surface area contributed by atoms with Gasteiger partial charge >= 0.3 is 0 Å². The van der Waals surface area contributed by atoms with Crippen molar-refractivity contribution in [1.82, 2.24) is 10.2 Å². The summed E-state index contributed by atoms with van der Waals surface area (Å²) in [6.45, 7) is 8.04. The Balaban J connectivity index is 2.75. The Morgan fingerprint density at radius 3 is 2.05 bits per heavy atom. The first-order valence-electron chi connectivity index (χ1n) is 8.93. The van der Waals surface area contributed by atoms with E-state index in [9.17, 15) is 0 Å². The van der Waals surface area contributed by atoms with Crippen molar-refractivity contribution in [2.24, 2.45) is 5.92 Å². The largest absolute Gasteiger partial charge is 0.312 e. The van der Waals surface area contributed by atoms with Crippen molar-refractivity contribution < 1.29 is 0 Å². The van der Waals surface area contributed by atoms with Crippen molar-refractivity contribution in [3.05, 3.63) is 0 Å². The van der Waals surface area contributed by atoms with Crippen LogP contribution in [0.5, 0.6) is 0 Å². The fraction of sp³-hybridized carbons (Fsp3) is 1.00. The van der Waals surface area contributed by atoms with E-state index < -0.39 is 0 Å². The van der Waals surface area contributed by atoms with Gasteiger partial charge in [-0.3, -0.25) is 0 Å². The zero-order chi connectivity index (χ0) is 15.0. The molecule has 0 aromatic rings. The minimum atomic E-state index is 0.392. The summed E-state index contributed by atoms with van der Waals surface area (Å²) in [5.41, 5.74) is 0.392. The molecule has 0 aliphatic heterocycles. The van der Waals surface area contributed by atoms with Crippen LogP contribution in [-0.4, -0.2) is 37.1 Å². The number of hydrogen-bond acceptors (Lipinski definition) is 2. The van der Waals surface area contributed by atoms with Crippen molar-refractivity contribution in [3.63, 3.8) is 0 Å². The molecule has 20 heavy (non-hydrogen) atoms. The number of rotatable bonds is 8. The van der Waals surface area contributed by atoms with E-state index in [2.05, 4.69) is 45.1 Å². The van der Waals surface area contributed by atoms with Gasteiger partial charge in [-0.1, -0.05) is 59.3 Å². The van der Waals surface area contributed by atoms with Crippen LogP contribution in [-0.2, 0) is 0 Å². The smallest absolute Gasteiger partial charge is 0.0356 e. The Bertz CT molecular complexity index is 240. The van der Waals surface area contributed by atoms with E-state index >= 15 is 0 Å². The molecule has 0 aromatic carbocycles.